The molecule has 0 atom stereocenters. The second-order valence-corrected chi connectivity index (χ2v) is 7.89. The van der Waals surface area contributed by atoms with Crippen LogP contribution in [0.1, 0.15) is 20.8 Å². The van der Waals surface area contributed by atoms with Gasteiger partial charge in [-0.1, -0.05) is 0 Å². The van der Waals surface area contributed by atoms with Gasteiger partial charge in [0, 0.05) is 0 Å². The molecule has 9 nitrogen and oxygen atoms in total. The van der Waals surface area contributed by atoms with Gasteiger partial charge in [0.05, 0.1) is 0 Å². The molecule has 0 spiro atoms. The summed E-state index contributed by atoms with van der Waals surface area (Å²) in [5.41, 5.74) is 16.7. The Morgan fingerprint density at radius 3 is 1.45 bits per heavy atom. The minimum absolute atomic E-state index is 0.377. The number of rotatable bonds is 14. The molecule has 0 aromatic heterocycles. The summed E-state index contributed by atoms with van der Waals surface area (Å²) in [7, 11) is 0. The van der Waals surface area contributed by atoms with Gasteiger partial charge < -0.3 is 0 Å². The van der Waals surface area contributed by atoms with Crippen LogP contribution in [0.4, 0.5) is 0 Å². The van der Waals surface area contributed by atoms with Crippen LogP contribution in [-0.2, 0) is 27.8 Å². The van der Waals surface area contributed by atoms with Gasteiger partial charge in [0.15, 0.2) is 0 Å². The average Bonchev–Trinajstić information content (AvgIpc) is 2.51. The molecule has 0 aromatic carbocycles. The van der Waals surface area contributed by atoms with Crippen LogP contribution in [0.15, 0.2) is 0 Å². The number of nitrogens with zero attached hydrogens (tertiary/aromatic N) is 3. The van der Waals surface area contributed by atoms with Crippen LogP contribution in [-0.4, -0.2) is 72.4 Å². The third kappa shape index (κ3) is 7.65. The molecular formula is C12H33N6O3Ti. The Morgan fingerprint density at radius 1 is 0.773 bits per heavy atom. The van der Waals surface area contributed by atoms with E-state index < -0.39 is 17.6 Å². The Kier molecular flexibility index (Phi) is 12.7. The summed E-state index contributed by atoms with van der Waals surface area (Å²) in [5, 5.41) is 3.17. The fourth-order valence-corrected chi connectivity index (χ4v) is 5.28. The van der Waals surface area contributed by atoms with Crippen molar-refractivity contribution in [2.75, 3.05) is 58.9 Å². The van der Waals surface area contributed by atoms with Crippen LogP contribution in [0, 0.1) is 0 Å². The topological polar surface area (TPSA) is 123 Å². The Hall–Kier alpha value is 0.194. The van der Waals surface area contributed by atoms with Crippen molar-refractivity contribution < 1.29 is 27.8 Å². The Labute approximate surface area is 138 Å². The van der Waals surface area contributed by atoms with E-state index in [-0.39, 0.29) is 0 Å². The van der Waals surface area contributed by atoms with E-state index in [9.17, 15) is 3.32 Å². The summed E-state index contributed by atoms with van der Waals surface area (Å²) < 4.78 is 26.6. The van der Waals surface area contributed by atoms with E-state index in [1.165, 1.54) is 0 Å². The maximum absolute atomic E-state index is 13.4. The summed E-state index contributed by atoms with van der Waals surface area (Å²) in [5.74, 6) is 0. The van der Waals surface area contributed by atoms with Gasteiger partial charge in [-0.3, -0.25) is 0 Å². The molecule has 0 saturated heterocycles. The van der Waals surface area contributed by atoms with E-state index in [4.69, 9.17) is 24.0 Å². The Balaban J connectivity index is 5.20. The molecule has 22 heavy (non-hydrogen) atoms. The second-order valence-electron chi connectivity index (χ2n) is 4.70. The van der Waals surface area contributed by atoms with Crippen LogP contribution in [0.25, 0.3) is 0 Å². The van der Waals surface area contributed by atoms with E-state index in [1.54, 1.807) is 13.5 Å². The van der Waals surface area contributed by atoms with Crippen molar-refractivity contribution in [3.8, 4) is 0 Å². The number of hydrogen-bond donors (Lipinski definition) is 3. The molecule has 0 aliphatic heterocycles. The predicted octanol–water partition coefficient (Wildman–Crippen LogP) is -1.06. The van der Waals surface area contributed by atoms with Crippen molar-refractivity contribution in [2.24, 2.45) is 17.2 Å². The van der Waals surface area contributed by atoms with Gasteiger partial charge in [0.2, 0.25) is 0 Å². The molecule has 6 N–H and O–H groups in total. The second kappa shape index (κ2) is 12.6. The predicted molar refractivity (Wildman–Crippen MR) is 81.8 cm³/mol. The van der Waals surface area contributed by atoms with Crippen LogP contribution in [0.3, 0.4) is 0 Å². The molecule has 0 rings (SSSR count). The summed E-state index contributed by atoms with van der Waals surface area (Å²) in [4.78, 5) is 0. The number of likely N-dealkylation sites (N-methyl/N-ethyl adjacent to an activating group) is 3. The van der Waals surface area contributed by atoms with Gasteiger partial charge in [-0.25, -0.2) is 0 Å². The number of nitrogens with two attached hydrogens (primary N) is 3. The summed E-state index contributed by atoms with van der Waals surface area (Å²) in [6, 6.07) is 0. The van der Waals surface area contributed by atoms with E-state index in [2.05, 4.69) is 0 Å². The van der Waals surface area contributed by atoms with Crippen LogP contribution < -0.4 is 17.2 Å². The molecule has 0 radical (unpaired) electrons. The van der Waals surface area contributed by atoms with Crippen molar-refractivity contribution in [1.82, 2.24) is 13.5 Å². The zero-order chi connectivity index (χ0) is 17.0. The van der Waals surface area contributed by atoms with Crippen molar-refractivity contribution in [2.45, 2.75) is 20.8 Å². The molecule has 0 aromatic rings. The molecule has 133 valence electrons. The molecule has 0 amide bonds. The van der Waals surface area contributed by atoms with Crippen LogP contribution in [0.2, 0.25) is 0 Å². The van der Waals surface area contributed by atoms with Crippen molar-refractivity contribution in [1.29, 1.82) is 0 Å². The Bertz CT molecular complexity index is 303. The molecule has 0 bridgehead atoms. The van der Waals surface area contributed by atoms with E-state index in [0.29, 0.717) is 58.9 Å². The monoisotopic (exact) mass is 357 g/mol. The summed E-state index contributed by atoms with van der Waals surface area (Å²) in [6.07, 6.45) is 0. The fraction of sp³-hybridized carbons (Fsp3) is 1.00. The SMILES string of the molecule is CCN(CCN)[O][Ti](=[O])([O]N(CC)CCN)[N](CC)CCN. The summed E-state index contributed by atoms with van der Waals surface area (Å²) >= 11 is -4.50. The molecule has 0 heterocycles. The Morgan fingerprint density at radius 2 is 1.18 bits per heavy atom. The molecule has 0 aliphatic carbocycles. The molecular weight excluding hydrogens is 324 g/mol. The quantitative estimate of drug-likeness (QED) is 0.263. The third-order valence-electron chi connectivity index (χ3n) is 3.12. The first-order valence-corrected chi connectivity index (χ1v) is 10.6. The first-order chi connectivity index (χ1) is 10.5. The van der Waals surface area contributed by atoms with E-state index >= 15 is 0 Å². The average molecular weight is 357 g/mol. The van der Waals surface area contributed by atoms with Gasteiger partial charge in [0.1, 0.15) is 0 Å². The zero-order valence-corrected chi connectivity index (χ0v) is 15.7. The molecule has 0 saturated carbocycles. The summed E-state index contributed by atoms with van der Waals surface area (Å²) in [6.45, 7) is 10.0. The van der Waals surface area contributed by atoms with Gasteiger partial charge in [-0.05, 0) is 0 Å². The minimum atomic E-state index is -4.50. The maximum atomic E-state index is 13.4. The van der Waals surface area contributed by atoms with E-state index in [0.717, 1.165) is 0 Å². The normalized spacial score (nSPS) is 12.8. The van der Waals surface area contributed by atoms with Crippen LogP contribution in [0.5, 0.6) is 0 Å². The van der Waals surface area contributed by atoms with Gasteiger partial charge >= 0.3 is 138 Å². The first-order valence-electron chi connectivity index (χ1n) is 7.94. The van der Waals surface area contributed by atoms with E-state index in [1.807, 2.05) is 20.8 Å². The van der Waals surface area contributed by atoms with Gasteiger partial charge in [0.25, 0.3) is 0 Å². The van der Waals surface area contributed by atoms with Crippen molar-refractivity contribution in [3.05, 3.63) is 0 Å². The molecule has 0 unspecified atom stereocenters. The molecule has 10 heteroatoms. The standard InChI is InChI=1S/2C4H11N2O.C4H11N2.O.Ti/c2*1-2-6(7)4-3-5;1-2-6-4-3-5;;/h2*2-5H2,1H3;2-5H2,1H3;;/q3*-1;;+3. The van der Waals surface area contributed by atoms with Crippen molar-refractivity contribution in [3.63, 3.8) is 0 Å². The number of hydroxylamine groups is 4. The zero-order valence-electron chi connectivity index (χ0n) is 14.2. The molecule has 0 aliphatic rings. The van der Waals surface area contributed by atoms with Gasteiger partial charge in [-0.15, -0.1) is 0 Å². The van der Waals surface area contributed by atoms with Gasteiger partial charge in [-0.2, -0.15) is 0 Å². The fourth-order valence-electron chi connectivity index (χ4n) is 1.93. The molecule has 0 fully saturated rings. The van der Waals surface area contributed by atoms with Crippen molar-refractivity contribution >= 4 is 0 Å². The third-order valence-corrected chi connectivity index (χ3v) is 6.70. The van der Waals surface area contributed by atoms with Crippen LogP contribution >= 0.6 is 0 Å². The number of hydrogen-bond acceptors (Lipinski definition) is 8. The first kappa shape index (κ1) is 22.2.